The summed E-state index contributed by atoms with van der Waals surface area (Å²) in [6, 6.07) is 4.87. The van der Waals surface area contributed by atoms with E-state index in [0.29, 0.717) is 46.6 Å². The van der Waals surface area contributed by atoms with Gasteiger partial charge in [-0.25, -0.2) is 9.37 Å². The molecule has 3 heterocycles. The Morgan fingerprint density at radius 3 is 2.96 bits per heavy atom. The summed E-state index contributed by atoms with van der Waals surface area (Å²) in [6.45, 7) is 1.75. The van der Waals surface area contributed by atoms with E-state index in [0.717, 1.165) is 0 Å². The molecule has 0 radical (unpaired) electrons. The molecule has 4 rings (SSSR count). The van der Waals surface area contributed by atoms with Crippen LogP contribution in [-0.4, -0.2) is 51.2 Å². The SMILES string of the molecule is CN1CCn2c(CN(C)c3nc4cccc(F)c4s3)nnc2C1=O. The van der Waals surface area contributed by atoms with E-state index in [1.165, 1.54) is 17.4 Å². The molecule has 0 saturated heterocycles. The number of thiazole rings is 1. The Kier molecular flexibility index (Phi) is 3.45. The monoisotopic (exact) mass is 346 g/mol. The normalized spacial score (nSPS) is 14.3. The van der Waals surface area contributed by atoms with E-state index in [2.05, 4.69) is 15.2 Å². The average Bonchev–Trinajstić information content (AvgIpc) is 3.16. The summed E-state index contributed by atoms with van der Waals surface area (Å²) in [5, 5.41) is 8.86. The molecular weight excluding hydrogens is 331 g/mol. The van der Waals surface area contributed by atoms with Crippen LogP contribution < -0.4 is 4.90 Å². The van der Waals surface area contributed by atoms with Crippen molar-refractivity contribution in [1.82, 2.24) is 24.6 Å². The lowest BCUT2D eigenvalue weighted by atomic mass is 10.3. The molecule has 0 bridgehead atoms. The van der Waals surface area contributed by atoms with Crippen molar-refractivity contribution in [3.05, 3.63) is 35.7 Å². The molecule has 0 atom stereocenters. The van der Waals surface area contributed by atoms with Crippen molar-refractivity contribution >= 4 is 32.6 Å². The maximum Gasteiger partial charge on any atom is 0.291 e. The summed E-state index contributed by atoms with van der Waals surface area (Å²) in [7, 11) is 3.62. The fraction of sp³-hybridized carbons (Fsp3) is 0.333. The van der Waals surface area contributed by atoms with Crippen LogP contribution in [0.5, 0.6) is 0 Å². The number of aromatic nitrogens is 4. The predicted molar refractivity (Wildman–Crippen MR) is 88.7 cm³/mol. The molecular formula is C15H15FN6OS. The van der Waals surface area contributed by atoms with Crippen LogP contribution in [0, 0.1) is 5.82 Å². The molecule has 1 aromatic carbocycles. The van der Waals surface area contributed by atoms with Crippen LogP contribution in [0.1, 0.15) is 16.4 Å². The van der Waals surface area contributed by atoms with Crippen molar-refractivity contribution in [1.29, 1.82) is 0 Å². The molecule has 1 aliphatic heterocycles. The first-order valence-corrected chi connectivity index (χ1v) is 8.30. The molecule has 0 saturated carbocycles. The Labute approximate surface area is 141 Å². The highest BCUT2D eigenvalue weighted by atomic mass is 32.1. The zero-order chi connectivity index (χ0) is 16.8. The maximum atomic E-state index is 13.8. The van der Waals surface area contributed by atoms with Gasteiger partial charge in [0.25, 0.3) is 5.91 Å². The van der Waals surface area contributed by atoms with Crippen molar-refractivity contribution in [2.24, 2.45) is 0 Å². The van der Waals surface area contributed by atoms with Gasteiger partial charge in [-0.3, -0.25) is 4.79 Å². The quantitative estimate of drug-likeness (QED) is 0.723. The van der Waals surface area contributed by atoms with Gasteiger partial charge < -0.3 is 14.4 Å². The Balaban J connectivity index is 1.62. The highest BCUT2D eigenvalue weighted by molar-refractivity contribution is 7.22. The van der Waals surface area contributed by atoms with Gasteiger partial charge in [-0.1, -0.05) is 17.4 Å². The second-order valence-corrected chi connectivity index (χ2v) is 6.74. The second kappa shape index (κ2) is 5.52. The number of halogens is 1. The molecule has 1 aliphatic rings. The smallest absolute Gasteiger partial charge is 0.291 e. The third-order valence-electron chi connectivity index (χ3n) is 4.09. The average molecular weight is 346 g/mol. The Hall–Kier alpha value is -2.55. The minimum Gasteiger partial charge on any atom is -0.344 e. The van der Waals surface area contributed by atoms with Gasteiger partial charge in [-0.2, -0.15) is 0 Å². The van der Waals surface area contributed by atoms with Crippen molar-refractivity contribution in [2.75, 3.05) is 25.5 Å². The molecule has 0 unspecified atom stereocenters. The van der Waals surface area contributed by atoms with Crippen molar-refractivity contribution < 1.29 is 9.18 Å². The molecule has 0 N–H and O–H groups in total. The van der Waals surface area contributed by atoms with Crippen molar-refractivity contribution in [3.8, 4) is 0 Å². The first-order valence-electron chi connectivity index (χ1n) is 7.48. The van der Waals surface area contributed by atoms with Crippen LogP contribution in [0.4, 0.5) is 9.52 Å². The summed E-state index contributed by atoms with van der Waals surface area (Å²) in [5.41, 5.74) is 0.641. The molecule has 9 heteroatoms. The molecule has 3 aromatic rings. The predicted octanol–water partition coefficient (Wildman–Crippen LogP) is 1.75. The third-order valence-corrected chi connectivity index (χ3v) is 5.28. The van der Waals surface area contributed by atoms with Gasteiger partial charge in [0.05, 0.1) is 16.8 Å². The summed E-state index contributed by atoms with van der Waals surface area (Å²) in [4.78, 5) is 20.1. The summed E-state index contributed by atoms with van der Waals surface area (Å²) in [6.07, 6.45) is 0. The largest absolute Gasteiger partial charge is 0.344 e. The van der Waals surface area contributed by atoms with E-state index in [1.807, 2.05) is 16.5 Å². The first kappa shape index (κ1) is 15.0. The van der Waals surface area contributed by atoms with E-state index < -0.39 is 0 Å². The van der Waals surface area contributed by atoms with Crippen LogP contribution in [0.25, 0.3) is 10.2 Å². The molecule has 124 valence electrons. The van der Waals surface area contributed by atoms with Crippen LogP contribution in [0.15, 0.2) is 18.2 Å². The molecule has 0 aliphatic carbocycles. The molecule has 2 aromatic heterocycles. The van der Waals surface area contributed by atoms with Gasteiger partial charge in [0.2, 0.25) is 5.82 Å². The molecule has 0 spiro atoms. The number of rotatable bonds is 3. The van der Waals surface area contributed by atoms with E-state index >= 15 is 0 Å². The Bertz CT molecular complexity index is 935. The second-order valence-electron chi connectivity index (χ2n) is 5.76. The van der Waals surface area contributed by atoms with Gasteiger partial charge >= 0.3 is 0 Å². The fourth-order valence-electron chi connectivity index (χ4n) is 2.71. The Morgan fingerprint density at radius 1 is 1.33 bits per heavy atom. The van der Waals surface area contributed by atoms with Crippen molar-refractivity contribution in [3.63, 3.8) is 0 Å². The standard InChI is InChI=1S/C15H15FN6OS/c1-20-6-7-22-11(18-19-13(22)14(20)23)8-21(2)15-17-10-5-3-4-9(16)12(10)24-15/h3-5H,6-8H2,1-2H3. The zero-order valence-corrected chi connectivity index (χ0v) is 14.0. The van der Waals surface area contributed by atoms with Crippen LogP contribution in [0.2, 0.25) is 0 Å². The topological polar surface area (TPSA) is 67.2 Å². The van der Waals surface area contributed by atoms with Gasteiger partial charge in [0, 0.05) is 27.2 Å². The number of hydrogen-bond donors (Lipinski definition) is 0. The highest BCUT2D eigenvalue weighted by Gasteiger charge is 2.27. The van der Waals surface area contributed by atoms with Gasteiger partial charge in [0.15, 0.2) is 11.0 Å². The maximum absolute atomic E-state index is 13.8. The fourth-order valence-corrected chi connectivity index (χ4v) is 3.65. The third kappa shape index (κ3) is 2.32. The van der Waals surface area contributed by atoms with Gasteiger partial charge in [-0.05, 0) is 12.1 Å². The summed E-state index contributed by atoms with van der Waals surface area (Å²) >= 11 is 1.30. The number of likely N-dealkylation sites (N-methyl/N-ethyl adjacent to an activating group) is 1. The first-order chi connectivity index (χ1) is 11.5. The van der Waals surface area contributed by atoms with E-state index in [9.17, 15) is 9.18 Å². The molecule has 24 heavy (non-hydrogen) atoms. The van der Waals surface area contributed by atoms with E-state index in [1.54, 1.807) is 24.1 Å². The van der Waals surface area contributed by atoms with Gasteiger partial charge in [-0.15, -0.1) is 10.2 Å². The highest BCUT2D eigenvalue weighted by Crippen LogP contribution is 2.30. The lowest BCUT2D eigenvalue weighted by molar-refractivity contribution is 0.0740. The number of benzene rings is 1. The van der Waals surface area contributed by atoms with Gasteiger partial charge in [0.1, 0.15) is 5.82 Å². The minimum absolute atomic E-state index is 0.121. The number of carbonyl (C=O) groups excluding carboxylic acids is 1. The number of anilines is 1. The molecule has 7 nitrogen and oxygen atoms in total. The van der Waals surface area contributed by atoms with E-state index in [4.69, 9.17) is 0 Å². The van der Waals surface area contributed by atoms with E-state index in [-0.39, 0.29) is 11.7 Å². The number of fused-ring (bicyclic) bond motifs is 2. The van der Waals surface area contributed by atoms with Crippen LogP contribution in [0.3, 0.4) is 0 Å². The number of amides is 1. The Morgan fingerprint density at radius 2 is 2.17 bits per heavy atom. The number of hydrogen-bond acceptors (Lipinski definition) is 6. The van der Waals surface area contributed by atoms with Crippen LogP contribution in [-0.2, 0) is 13.1 Å². The minimum atomic E-state index is -0.266. The zero-order valence-electron chi connectivity index (χ0n) is 13.2. The number of carbonyl (C=O) groups is 1. The summed E-state index contributed by atoms with van der Waals surface area (Å²) in [5.74, 6) is 0.680. The summed E-state index contributed by atoms with van der Waals surface area (Å²) < 4.78 is 16.2. The molecule has 1 amide bonds. The van der Waals surface area contributed by atoms with Crippen LogP contribution >= 0.6 is 11.3 Å². The molecule has 0 fully saturated rings. The lowest BCUT2D eigenvalue weighted by Crippen LogP contribution is -2.38. The lowest BCUT2D eigenvalue weighted by Gasteiger charge is -2.24. The number of nitrogens with zero attached hydrogens (tertiary/aromatic N) is 6. The van der Waals surface area contributed by atoms with Crippen molar-refractivity contribution in [2.45, 2.75) is 13.1 Å².